The zero-order chi connectivity index (χ0) is 16.4. The molecule has 0 saturated carbocycles. The summed E-state index contributed by atoms with van der Waals surface area (Å²) in [6.45, 7) is 5.22. The predicted octanol–water partition coefficient (Wildman–Crippen LogP) is 3.06. The Morgan fingerprint density at radius 1 is 1.25 bits per heavy atom. The van der Waals surface area contributed by atoms with Gasteiger partial charge in [0.15, 0.2) is 0 Å². The third kappa shape index (κ3) is 3.06. The molecule has 1 atom stereocenters. The number of nitrogens with zero attached hydrogens (tertiary/aromatic N) is 6. The van der Waals surface area contributed by atoms with E-state index in [-0.39, 0.29) is 0 Å². The second-order valence-electron chi connectivity index (χ2n) is 6.58. The van der Waals surface area contributed by atoms with Gasteiger partial charge in [0.2, 0.25) is 5.78 Å². The molecular weight excluding hydrogens is 300 g/mol. The molecule has 0 aliphatic carbocycles. The number of imidazole rings is 1. The largest absolute Gasteiger partial charge is 0.291 e. The molecule has 0 amide bonds. The van der Waals surface area contributed by atoms with Crippen molar-refractivity contribution in [2.24, 2.45) is 0 Å². The lowest BCUT2D eigenvalue weighted by Gasteiger charge is -2.35. The van der Waals surface area contributed by atoms with E-state index in [2.05, 4.69) is 40.4 Å². The second kappa shape index (κ2) is 6.73. The minimum Gasteiger partial charge on any atom is -0.291 e. The number of hydrogen-bond donors (Lipinski definition) is 0. The van der Waals surface area contributed by atoms with Crippen LogP contribution in [0.3, 0.4) is 0 Å². The molecule has 1 aliphatic heterocycles. The first kappa shape index (κ1) is 15.3. The molecule has 24 heavy (non-hydrogen) atoms. The van der Waals surface area contributed by atoms with E-state index in [4.69, 9.17) is 4.98 Å². The molecule has 0 aromatic carbocycles. The zero-order valence-corrected chi connectivity index (χ0v) is 14.2. The third-order valence-corrected chi connectivity index (χ3v) is 4.76. The minimum absolute atomic E-state index is 0.370. The van der Waals surface area contributed by atoms with E-state index in [1.807, 2.05) is 21.5 Å². The van der Waals surface area contributed by atoms with Gasteiger partial charge in [-0.15, -0.1) is 0 Å². The molecule has 1 aliphatic rings. The summed E-state index contributed by atoms with van der Waals surface area (Å²) in [6, 6.07) is 2.51. The molecule has 126 valence electrons. The Hall–Kier alpha value is -2.21. The number of rotatable bonds is 5. The van der Waals surface area contributed by atoms with Crippen molar-refractivity contribution < 1.29 is 0 Å². The fraction of sp³-hybridized carbons (Fsp3) is 0.500. The van der Waals surface area contributed by atoms with E-state index in [1.165, 1.54) is 18.4 Å². The van der Waals surface area contributed by atoms with Gasteiger partial charge in [-0.2, -0.15) is 5.10 Å². The molecule has 3 aromatic heterocycles. The van der Waals surface area contributed by atoms with Gasteiger partial charge in [-0.25, -0.2) is 9.97 Å². The Kier molecular flexibility index (Phi) is 4.30. The molecule has 0 spiro atoms. The SMILES string of the molecule is CCCn1cc(CN2CCCC[C@@H]2c2ccn3ccnc3n2)cn1. The Balaban J connectivity index is 1.55. The molecule has 0 radical (unpaired) electrons. The van der Waals surface area contributed by atoms with Crippen LogP contribution in [0, 0.1) is 0 Å². The maximum absolute atomic E-state index is 4.77. The first-order valence-electron chi connectivity index (χ1n) is 8.88. The van der Waals surface area contributed by atoms with Gasteiger partial charge in [0.05, 0.1) is 17.9 Å². The molecule has 1 saturated heterocycles. The Morgan fingerprint density at radius 2 is 2.21 bits per heavy atom. The molecule has 1 fully saturated rings. The normalized spacial score (nSPS) is 19.1. The van der Waals surface area contributed by atoms with E-state index in [0.717, 1.165) is 43.9 Å². The quantitative estimate of drug-likeness (QED) is 0.724. The van der Waals surface area contributed by atoms with Gasteiger partial charge in [-0.1, -0.05) is 13.3 Å². The van der Waals surface area contributed by atoms with Crippen molar-refractivity contribution in [1.82, 2.24) is 29.0 Å². The maximum atomic E-state index is 4.77. The van der Waals surface area contributed by atoms with Gasteiger partial charge >= 0.3 is 0 Å². The fourth-order valence-corrected chi connectivity index (χ4v) is 3.59. The smallest absolute Gasteiger partial charge is 0.233 e. The lowest BCUT2D eigenvalue weighted by molar-refractivity contribution is 0.137. The van der Waals surface area contributed by atoms with Crippen molar-refractivity contribution in [1.29, 1.82) is 0 Å². The highest BCUT2D eigenvalue weighted by atomic mass is 15.3. The molecule has 6 heteroatoms. The molecular formula is C18H24N6. The summed E-state index contributed by atoms with van der Waals surface area (Å²) in [4.78, 5) is 11.6. The first-order valence-corrected chi connectivity index (χ1v) is 8.88. The van der Waals surface area contributed by atoms with Crippen LogP contribution in [-0.2, 0) is 13.1 Å². The van der Waals surface area contributed by atoms with Crippen molar-refractivity contribution in [3.8, 4) is 0 Å². The monoisotopic (exact) mass is 324 g/mol. The van der Waals surface area contributed by atoms with Crippen LogP contribution in [0.25, 0.3) is 5.78 Å². The first-order chi connectivity index (χ1) is 11.8. The highest BCUT2D eigenvalue weighted by Gasteiger charge is 2.25. The summed E-state index contributed by atoms with van der Waals surface area (Å²) in [5, 5.41) is 4.46. The van der Waals surface area contributed by atoms with Crippen LogP contribution in [0.5, 0.6) is 0 Å². The van der Waals surface area contributed by atoms with Gasteiger partial charge < -0.3 is 0 Å². The Labute approximate surface area is 142 Å². The van der Waals surface area contributed by atoms with E-state index in [9.17, 15) is 0 Å². The molecule has 3 aromatic rings. The maximum Gasteiger partial charge on any atom is 0.233 e. The molecule has 0 unspecified atom stereocenters. The van der Waals surface area contributed by atoms with Gasteiger partial charge in [0.25, 0.3) is 0 Å². The average molecular weight is 324 g/mol. The van der Waals surface area contributed by atoms with E-state index < -0.39 is 0 Å². The summed E-state index contributed by atoms with van der Waals surface area (Å²) in [5.41, 5.74) is 2.42. The van der Waals surface area contributed by atoms with Gasteiger partial charge in [-0.05, 0) is 31.9 Å². The summed E-state index contributed by atoms with van der Waals surface area (Å²) in [5.74, 6) is 0.786. The molecule has 0 bridgehead atoms. The molecule has 4 heterocycles. The van der Waals surface area contributed by atoms with Crippen LogP contribution in [0.2, 0.25) is 0 Å². The fourth-order valence-electron chi connectivity index (χ4n) is 3.59. The summed E-state index contributed by atoms with van der Waals surface area (Å²) < 4.78 is 4.01. The van der Waals surface area contributed by atoms with Crippen molar-refractivity contribution in [2.45, 2.75) is 51.7 Å². The number of piperidine rings is 1. The van der Waals surface area contributed by atoms with Crippen LogP contribution in [0.15, 0.2) is 37.1 Å². The predicted molar refractivity (Wildman–Crippen MR) is 92.5 cm³/mol. The Bertz CT molecular complexity index is 805. The van der Waals surface area contributed by atoms with Gasteiger partial charge in [0.1, 0.15) is 0 Å². The van der Waals surface area contributed by atoms with Gasteiger partial charge in [0, 0.05) is 43.4 Å². The second-order valence-corrected chi connectivity index (χ2v) is 6.58. The van der Waals surface area contributed by atoms with Crippen LogP contribution in [0.4, 0.5) is 0 Å². The molecule has 6 nitrogen and oxygen atoms in total. The summed E-state index contributed by atoms with van der Waals surface area (Å²) >= 11 is 0. The van der Waals surface area contributed by atoms with Crippen molar-refractivity contribution in [3.05, 3.63) is 48.3 Å². The topological polar surface area (TPSA) is 51.2 Å². The Morgan fingerprint density at radius 3 is 3.12 bits per heavy atom. The van der Waals surface area contributed by atoms with E-state index >= 15 is 0 Å². The number of aryl methyl sites for hydroxylation is 1. The van der Waals surface area contributed by atoms with Crippen molar-refractivity contribution in [2.75, 3.05) is 6.54 Å². The molecule has 0 N–H and O–H groups in total. The standard InChI is InChI=1S/C18H24N6/c1-2-8-24-14-15(12-20-24)13-23-9-4-3-5-17(23)16-6-10-22-11-7-19-18(22)21-16/h6-7,10-12,14,17H,2-5,8-9,13H2,1H3/t17-/m1/s1. The van der Waals surface area contributed by atoms with Crippen LogP contribution < -0.4 is 0 Å². The minimum atomic E-state index is 0.370. The highest BCUT2D eigenvalue weighted by Crippen LogP contribution is 2.31. The van der Waals surface area contributed by atoms with Gasteiger partial charge in [-0.3, -0.25) is 14.0 Å². The number of hydrogen-bond acceptors (Lipinski definition) is 4. The number of fused-ring (bicyclic) bond motifs is 1. The summed E-state index contributed by atoms with van der Waals surface area (Å²) in [6.07, 6.45) is 14.8. The van der Waals surface area contributed by atoms with Crippen molar-refractivity contribution in [3.63, 3.8) is 0 Å². The lowest BCUT2D eigenvalue weighted by atomic mass is 9.98. The summed E-state index contributed by atoms with van der Waals surface area (Å²) in [7, 11) is 0. The van der Waals surface area contributed by atoms with E-state index in [0.29, 0.717) is 6.04 Å². The highest BCUT2D eigenvalue weighted by molar-refractivity contribution is 5.30. The number of likely N-dealkylation sites (tertiary alicyclic amines) is 1. The van der Waals surface area contributed by atoms with Crippen LogP contribution >= 0.6 is 0 Å². The molecule has 4 rings (SSSR count). The van der Waals surface area contributed by atoms with Crippen molar-refractivity contribution >= 4 is 5.78 Å². The third-order valence-electron chi connectivity index (χ3n) is 4.76. The number of aromatic nitrogens is 5. The van der Waals surface area contributed by atoms with E-state index in [1.54, 1.807) is 6.20 Å². The van der Waals surface area contributed by atoms with Crippen LogP contribution in [0.1, 0.15) is 49.9 Å². The van der Waals surface area contributed by atoms with Crippen LogP contribution in [-0.4, -0.2) is 35.6 Å². The average Bonchev–Trinajstić information content (AvgIpc) is 3.24. The lowest BCUT2D eigenvalue weighted by Crippen LogP contribution is -2.33. The zero-order valence-electron chi connectivity index (χ0n) is 14.2.